The lowest BCUT2D eigenvalue weighted by molar-refractivity contribution is -0.121. The number of ether oxygens (including phenoxy) is 1. The van der Waals surface area contributed by atoms with Crippen molar-refractivity contribution in [3.05, 3.63) is 64.5 Å². The minimum Gasteiger partial charge on any atom is -0.482 e. The molecule has 4 rings (SSSR count). The lowest BCUT2D eigenvalue weighted by atomic mass is 10.2. The number of nitrogens with one attached hydrogen (secondary N) is 1. The molecule has 0 bridgehead atoms. The second kappa shape index (κ2) is 7.01. The Morgan fingerprint density at radius 1 is 1.27 bits per heavy atom. The Morgan fingerprint density at radius 3 is 3.00 bits per heavy atom. The van der Waals surface area contributed by atoms with Crippen molar-refractivity contribution in [1.82, 2.24) is 10.3 Å². The second-order valence-corrected chi connectivity index (χ2v) is 6.57. The zero-order valence-corrected chi connectivity index (χ0v) is 14.5. The van der Waals surface area contributed by atoms with Crippen LogP contribution in [0, 0.1) is 0 Å². The monoisotopic (exact) mass is 369 g/mol. The molecule has 0 aliphatic carbocycles. The number of anilines is 1. The highest BCUT2D eigenvalue weighted by Crippen LogP contribution is 2.32. The zero-order valence-electron chi connectivity index (χ0n) is 13.7. The third kappa shape index (κ3) is 3.31. The molecule has 0 radical (unpaired) electrons. The molecule has 0 saturated carbocycles. The van der Waals surface area contributed by atoms with Crippen molar-refractivity contribution in [3.8, 4) is 5.75 Å². The molecule has 1 aliphatic heterocycles. The maximum Gasteiger partial charge on any atom is 0.271 e. The van der Waals surface area contributed by atoms with E-state index in [1.165, 1.54) is 11.3 Å². The maximum absolute atomic E-state index is 12.2. The molecule has 1 N–H and O–H groups in total. The van der Waals surface area contributed by atoms with E-state index in [0.717, 1.165) is 0 Å². The van der Waals surface area contributed by atoms with Crippen molar-refractivity contribution in [2.45, 2.75) is 13.1 Å². The number of fused-ring (bicyclic) bond motifs is 1. The highest BCUT2D eigenvalue weighted by molar-refractivity contribution is 7.09. The minimum atomic E-state index is -0.280. The quantitative estimate of drug-likeness (QED) is 0.747. The average molecular weight is 369 g/mol. The summed E-state index contributed by atoms with van der Waals surface area (Å²) in [5.41, 5.74) is 1.04. The Kier molecular flexibility index (Phi) is 4.40. The summed E-state index contributed by atoms with van der Waals surface area (Å²) in [4.78, 5) is 30.4. The van der Waals surface area contributed by atoms with Crippen LogP contribution in [0.4, 0.5) is 5.69 Å². The van der Waals surface area contributed by atoms with Crippen LogP contribution in [0.2, 0.25) is 0 Å². The SMILES string of the molecule is O=C(NCc1ccco1)c1csc(CN2C(=O)COc3ccccc32)n1. The van der Waals surface area contributed by atoms with Crippen molar-refractivity contribution in [2.75, 3.05) is 11.5 Å². The van der Waals surface area contributed by atoms with E-state index in [0.29, 0.717) is 41.0 Å². The Morgan fingerprint density at radius 2 is 2.15 bits per heavy atom. The molecule has 8 heteroatoms. The summed E-state index contributed by atoms with van der Waals surface area (Å²) < 4.78 is 10.6. The summed E-state index contributed by atoms with van der Waals surface area (Å²) in [5.74, 6) is 0.921. The van der Waals surface area contributed by atoms with Gasteiger partial charge in [0.1, 0.15) is 22.2 Å². The van der Waals surface area contributed by atoms with Crippen LogP contribution in [0.25, 0.3) is 0 Å². The van der Waals surface area contributed by atoms with Crippen LogP contribution in [-0.4, -0.2) is 23.4 Å². The van der Waals surface area contributed by atoms with Gasteiger partial charge in [-0.3, -0.25) is 14.5 Å². The fraction of sp³-hybridized carbons (Fsp3) is 0.167. The molecule has 7 nitrogen and oxygen atoms in total. The van der Waals surface area contributed by atoms with Gasteiger partial charge < -0.3 is 14.5 Å². The van der Waals surface area contributed by atoms with Gasteiger partial charge >= 0.3 is 0 Å². The summed E-state index contributed by atoms with van der Waals surface area (Å²) in [6, 6.07) is 10.9. The maximum atomic E-state index is 12.2. The van der Waals surface area contributed by atoms with Gasteiger partial charge in [-0.15, -0.1) is 11.3 Å². The topological polar surface area (TPSA) is 84.7 Å². The molecule has 0 saturated heterocycles. The predicted molar refractivity (Wildman–Crippen MR) is 95.1 cm³/mol. The standard InChI is InChI=1S/C18H15N3O4S/c22-17-10-25-15-6-2-1-5-14(15)21(17)9-16-20-13(11-26-16)18(23)19-8-12-4-3-7-24-12/h1-7,11H,8-10H2,(H,19,23). The van der Waals surface area contributed by atoms with Crippen molar-refractivity contribution in [2.24, 2.45) is 0 Å². The molecule has 0 fully saturated rings. The first-order chi connectivity index (χ1) is 12.7. The van der Waals surface area contributed by atoms with E-state index in [-0.39, 0.29) is 18.4 Å². The van der Waals surface area contributed by atoms with Crippen LogP contribution >= 0.6 is 11.3 Å². The van der Waals surface area contributed by atoms with Crippen molar-refractivity contribution in [3.63, 3.8) is 0 Å². The van der Waals surface area contributed by atoms with Gasteiger partial charge in [0, 0.05) is 5.38 Å². The van der Waals surface area contributed by atoms with E-state index >= 15 is 0 Å². The number of aromatic nitrogens is 1. The first-order valence-electron chi connectivity index (χ1n) is 7.98. The van der Waals surface area contributed by atoms with Crippen molar-refractivity contribution >= 4 is 28.8 Å². The number of benzene rings is 1. The number of thiazole rings is 1. The molecule has 1 aliphatic rings. The molecule has 0 unspecified atom stereocenters. The first kappa shape index (κ1) is 16.3. The fourth-order valence-corrected chi connectivity index (χ4v) is 3.38. The van der Waals surface area contributed by atoms with Gasteiger partial charge in [-0.1, -0.05) is 12.1 Å². The average Bonchev–Trinajstić information content (AvgIpc) is 3.34. The van der Waals surface area contributed by atoms with Gasteiger partial charge in [-0.25, -0.2) is 4.98 Å². The Hall–Kier alpha value is -3.13. The molecule has 1 aromatic carbocycles. The fourth-order valence-electron chi connectivity index (χ4n) is 2.62. The van der Waals surface area contributed by atoms with Gasteiger partial charge in [0.2, 0.25) is 0 Å². The van der Waals surface area contributed by atoms with Crippen LogP contribution in [0.1, 0.15) is 21.3 Å². The van der Waals surface area contributed by atoms with E-state index < -0.39 is 0 Å². The molecule has 2 aromatic heterocycles. The third-order valence-corrected chi connectivity index (χ3v) is 4.72. The van der Waals surface area contributed by atoms with Crippen LogP contribution in [0.5, 0.6) is 5.75 Å². The van der Waals surface area contributed by atoms with Crippen LogP contribution in [0.15, 0.2) is 52.5 Å². The number of para-hydroxylation sites is 2. The largest absolute Gasteiger partial charge is 0.482 e. The highest BCUT2D eigenvalue weighted by atomic mass is 32.1. The van der Waals surface area contributed by atoms with E-state index in [4.69, 9.17) is 9.15 Å². The van der Waals surface area contributed by atoms with Crippen LogP contribution < -0.4 is 15.0 Å². The smallest absolute Gasteiger partial charge is 0.271 e. The lowest BCUT2D eigenvalue weighted by Gasteiger charge is -2.28. The number of nitrogens with zero attached hydrogens (tertiary/aromatic N) is 2. The Labute approximate surface area is 153 Å². The third-order valence-electron chi connectivity index (χ3n) is 3.89. The molecular formula is C18H15N3O4S. The summed E-state index contributed by atoms with van der Waals surface area (Å²) in [7, 11) is 0. The number of hydrogen-bond donors (Lipinski definition) is 1. The first-order valence-corrected chi connectivity index (χ1v) is 8.86. The number of hydrogen-bond acceptors (Lipinski definition) is 6. The van der Waals surface area contributed by atoms with Gasteiger partial charge in [-0.05, 0) is 24.3 Å². The normalized spacial score (nSPS) is 13.2. The molecule has 132 valence electrons. The van der Waals surface area contributed by atoms with Gasteiger partial charge in [-0.2, -0.15) is 0 Å². The number of carbonyl (C=O) groups is 2. The number of furan rings is 1. The second-order valence-electron chi connectivity index (χ2n) is 5.62. The van der Waals surface area contributed by atoms with Gasteiger partial charge in [0.25, 0.3) is 11.8 Å². The van der Waals surface area contributed by atoms with Crippen molar-refractivity contribution in [1.29, 1.82) is 0 Å². The Balaban J connectivity index is 1.45. The number of carbonyl (C=O) groups excluding carboxylic acids is 2. The summed E-state index contributed by atoms with van der Waals surface area (Å²) in [6.45, 7) is 0.599. The lowest BCUT2D eigenvalue weighted by Crippen LogP contribution is -2.38. The zero-order chi connectivity index (χ0) is 17.9. The minimum absolute atomic E-state index is 0.00111. The van der Waals surface area contributed by atoms with E-state index in [2.05, 4.69) is 10.3 Å². The summed E-state index contributed by atoms with van der Waals surface area (Å²) in [6.07, 6.45) is 1.56. The molecule has 3 heterocycles. The van der Waals surface area contributed by atoms with Crippen LogP contribution in [0.3, 0.4) is 0 Å². The molecule has 3 aromatic rings. The molecule has 26 heavy (non-hydrogen) atoms. The number of amides is 2. The van der Waals surface area contributed by atoms with Gasteiger partial charge in [0.15, 0.2) is 6.61 Å². The summed E-state index contributed by atoms with van der Waals surface area (Å²) >= 11 is 1.34. The van der Waals surface area contributed by atoms with E-state index in [1.54, 1.807) is 28.7 Å². The molecule has 2 amide bonds. The molecule has 0 atom stereocenters. The highest BCUT2D eigenvalue weighted by Gasteiger charge is 2.26. The molecular weight excluding hydrogens is 354 g/mol. The number of rotatable bonds is 5. The molecule has 0 spiro atoms. The Bertz CT molecular complexity index is 936. The predicted octanol–water partition coefficient (Wildman–Crippen LogP) is 2.59. The van der Waals surface area contributed by atoms with E-state index in [1.807, 2.05) is 24.3 Å². The van der Waals surface area contributed by atoms with Crippen LogP contribution in [-0.2, 0) is 17.9 Å². The van der Waals surface area contributed by atoms with Gasteiger partial charge in [0.05, 0.1) is 25.0 Å². The summed E-state index contributed by atoms with van der Waals surface area (Å²) in [5, 5.41) is 5.12. The van der Waals surface area contributed by atoms with E-state index in [9.17, 15) is 9.59 Å². The van der Waals surface area contributed by atoms with Crippen molar-refractivity contribution < 1.29 is 18.7 Å².